The van der Waals surface area contributed by atoms with Crippen molar-refractivity contribution in [1.29, 1.82) is 0 Å². The monoisotopic (exact) mass is 747 g/mol. The lowest BCUT2D eigenvalue weighted by Crippen LogP contribution is -2.54. The zero-order valence-corrected chi connectivity index (χ0v) is 32.6. The predicted octanol–water partition coefficient (Wildman–Crippen LogP) is 6.51. The zero-order chi connectivity index (χ0) is 39.5. The summed E-state index contributed by atoms with van der Waals surface area (Å²) in [6, 6.07) is 15.4. The van der Waals surface area contributed by atoms with Crippen LogP contribution < -0.4 is 11.1 Å². The maximum atomic E-state index is 13.7. The molecule has 0 radical (unpaired) electrons. The van der Waals surface area contributed by atoms with E-state index in [9.17, 15) is 24.0 Å². The summed E-state index contributed by atoms with van der Waals surface area (Å²) in [6.07, 6.45) is 1.57. The number of hydrogen-bond acceptors (Lipinski definition) is 9. The minimum atomic E-state index is -1.17. The molecule has 13 nitrogen and oxygen atoms in total. The molecular weight excluding hydrogens is 690 g/mol. The third-order valence-electron chi connectivity index (χ3n) is 8.91. The van der Waals surface area contributed by atoms with Crippen molar-refractivity contribution in [3.63, 3.8) is 0 Å². The average molecular weight is 748 g/mol. The van der Waals surface area contributed by atoms with Crippen LogP contribution in [0.25, 0.3) is 10.9 Å². The van der Waals surface area contributed by atoms with Crippen LogP contribution in [0.4, 0.5) is 9.59 Å². The Morgan fingerprint density at radius 3 is 2.17 bits per heavy atom. The fraction of sp³-hybridized carbons (Fsp3) is 0.537. The largest absolute Gasteiger partial charge is 0.459 e. The number of rotatable bonds is 15. The molecule has 4 amide bonds. The Hall–Kier alpha value is -4.91. The second-order valence-corrected chi connectivity index (χ2v) is 15.7. The standard InChI is InChI=1S/C41H57N5O8/c1-40(2,3)53-38(50)46(39(51)54-41(4,5)6)33(21-14-15-23-42)36(48)43-24-16-8-11-22-35(47)45-26-32-30(29-19-12-13-20-31(29)44-32)25-34(45)37(49)52-27-28-17-9-7-10-18-28/h7,9-10,12-13,17-20,33-34,44H,8,11,14-16,21-27,42H2,1-6H3,(H,43,48)/t33-,34-/m0/s1. The number of aromatic amines is 1. The van der Waals surface area contributed by atoms with Gasteiger partial charge in [0.2, 0.25) is 11.8 Å². The van der Waals surface area contributed by atoms with Crippen molar-refractivity contribution >= 4 is 40.9 Å². The zero-order valence-electron chi connectivity index (χ0n) is 32.6. The van der Waals surface area contributed by atoms with Crippen LogP contribution in [0.15, 0.2) is 54.6 Å². The van der Waals surface area contributed by atoms with Crippen molar-refractivity contribution in [3.05, 3.63) is 71.4 Å². The number of esters is 1. The van der Waals surface area contributed by atoms with E-state index in [2.05, 4.69) is 10.3 Å². The van der Waals surface area contributed by atoms with Gasteiger partial charge in [-0.25, -0.2) is 14.4 Å². The van der Waals surface area contributed by atoms with E-state index in [1.165, 1.54) is 0 Å². The minimum absolute atomic E-state index is 0.117. The Morgan fingerprint density at radius 1 is 0.870 bits per heavy atom. The molecule has 0 spiro atoms. The third-order valence-corrected chi connectivity index (χ3v) is 8.91. The molecule has 294 valence electrons. The van der Waals surface area contributed by atoms with Gasteiger partial charge in [-0.1, -0.05) is 55.0 Å². The van der Waals surface area contributed by atoms with Gasteiger partial charge < -0.3 is 35.1 Å². The number of hydrogen-bond donors (Lipinski definition) is 3. The molecule has 0 unspecified atom stereocenters. The fourth-order valence-electron chi connectivity index (χ4n) is 6.37. The van der Waals surface area contributed by atoms with E-state index >= 15 is 0 Å². The number of amides is 4. The Kier molecular flexibility index (Phi) is 14.7. The van der Waals surface area contributed by atoms with Gasteiger partial charge in [0, 0.05) is 36.0 Å². The highest BCUT2D eigenvalue weighted by Gasteiger charge is 2.40. The molecule has 3 aromatic rings. The van der Waals surface area contributed by atoms with E-state index in [1.807, 2.05) is 54.6 Å². The summed E-state index contributed by atoms with van der Waals surface area (Å²) in [7, 11) is 0. The number of benzene rings is 2. The topological polar surface area (TPSA) is 173 Å². The Morgan fingerprint density at radius 2 is 1.52 bits per heavy atom. The molecule has 54 heavy (non-hydrogen) atoms. The maximum Gasteiger partial charge on any atom is 0.420 e. The minimum Gasteiger partial charge on any atom is -0.459 e. The van der Waals surface area contributed by atoms with Crippen molar-refractivity contribution in [3.8, 4) is 0 Å². The van der Waals surface area contributed by atoms with Crippen molar-refractivity contribution < 1.29 is 38.2 Å². The van der Waals surface area contributed by atoms with Crippen LogP contribution in [0, 0.1) is 0 Å². The molecule has 4 N–H and O–H groups in total. The van der Waals surface area contributed by atoms with Gasteiger partial charge in [0.15, 0.2) is 0 Å². The summed E-state index contributed by atoms with van der Waals surface area (Å²) >= 11 is 0. The second kappa shape index (κ2) is 18.9. The van der Waals surface area contributed by atoms with Crippen LogP contribution in [0.1, 0.15) is 103 Å². The van der Waals surface area contributed by atoms with Gasteiger partial charge in [0.05, 0.1) is 6.54 Å². The number of nitrogens with one attached hydrogen (secondary N) is 2. The number of unbranched alkanes of at least 4 members (excludes halogenated alkanes) is 3. The van der Waals surface area contributed by atoms with Gasteiger partial charge in [-0.2, -0.15) is 4.90 Å². The molecule has 13 heteroatoms. The van der Waals surface area contributed by atoms with E-state index in [0.29, 0.717) is 45.1 Å². The molecule has 2 aromatic carbocycles. The summed E-state index contributed by atoms with van der Waals surface area (Å²) in [5.74, 6) is -1.12. The number of carbonyl (C=O) groups excluding carboxylic acids is 5. The first-order valence-corrected chi connectivity index (χ1v) is 18.9. The smallest absolute Gasteiger partial charge is 0.420 e. The summed E-state index contributed by atoms with van der Waals surface area (Å²) in [4.78, 5) is 73.1. The number of nitrogens with zero attached hydrogens (tertiary/aromatic N) is 2. The lowest BCUT2D eigenvalue weighted by atomic mass is 9.96. The molecule has 0 aliphatic carbocycles. The molecule has 1 aromatic heterocycles. The van der Waals surface area contributed by atoms with E-state index in [-0.39, 0.29) is 38.4 Å². The molecular formula is C41H57N5O8. The molecule has 1 aliphatic rings. The van der Waals surface area contributed by atoms with Gasteiger partial charge in [-0.15, -0.1) is 0 Å². The number of carbonyl (C=O) groups is 5. The molecule has 0 bridgehead atoms. The van der Waals surface area contributed by atoms with Crippen LogP contribution >= 0.6 is 0 Å². The Labute approximate surface area is 318 Å². The number of H-pyrrole nitrogens is 1. The lowest BCUT2D eigenvalue weighted by Gasteiger charge is -2.34. The number of nitrogens with two attached hydrogens (primary N) is 1. The van der Waals surface area contributed by atoms with Crippen LogP contribution in [0.2, 0.25) is 0 Å². The molecule has 4 rings (SSSR count). The van der Waals surface area contributed by atoms with Crippen molar-refractivity contribution in [1.82, 2.24) is 20.1 Å². The number of aromatic nitrogens is 1. The highest BCUT2D eigenvalue weighted by Crippen LogP contribution is 2.31. The quantitative estimate of drug-likeness (QED) is 0.0890. The first kappa shape index (κ1) is 41.8. The van der Waals surface area contributed by atoms with Gasteiger partial charge in [0.25, 0.3) is 0 Å². The Balaban J connectivity index is 1.37. The van der Waals surface area contributed by atoms with Crippen LogP contribution in [0.5, 0.6) is 0 Å². The van der Waals surface area contributed by atoms with Gasteiger partial charge in [-0.05, 0) is 97.4 Å². The highest BCUT2D eigenvalue weighted by molar-refractivity contribution is 5.95. The van der Waals surface area contributed by atoms with E-state index in [0.717, 1.165) is 32.6 Å². The summed E-state index contributed by atoms with van der Waals surface area (Å²) in [6.45, 7) is 11.1. The van der Waals surface area contributed by atoms with Crippen LogP contribution in [0.3, 0.4) is 0 Å². The number of fused-ring (bicyclic) bond motifs is 3. The maximum absolute atomic E-state index is 13.7. The SMILES string of the molecule is CC(C)(C)OC(=O)N(C(=O)OC(C)(C)C)[C@@H](CCCCN)C(=O)NCCCCCC(=O)N1Cc2[nH]c3ccccc3c2C[C@H]1C(=O)OCc1ccccc1. The normalized spacial score (nSPS) is 14.9. The first-order chi connectivity index (χ1) is 25.6. The predicted molar refractivity (Wildman–Crippen MR) is 205 cm³/mol. The highest BCUT2D eigenvalue weighted by atomic mass is 16.6. The van der Waals surface area contributed by atoms with E-state index < -0.39 is 47.3 Å². The van der Waals surface area contributed by atoms with Crippen molar-refractivity contribution in [2.75, 3.05) is 13.1 Å². The third kappa shape index (κ3) is 12.1. The molecule has 2 heterocycles. The molecule has 0 saturated heterocycles. The molecule has 1 aliphatic heterocycles. The molecule has 0 fully saturated rings. The van der Waals surface area contributed by atoms with E-state index in [4.69, 9.17) is 19.9 Å². The first-order valence-electron chi connectivity index (χ1n) is 18.9. The summed E-state index contributed by atoms with van der Waals surface area (Å²) < 4.78 is 16.7. The Bertz CT molecular complexity index is 1720. The van der Waals surface area contributed by atoms with Gasteiger partial charge >= 0.3 is 18.2 Å². The lowest BCUT2D eigenvalue weighted by molar-refractivity contribution is -0.157. The number of ether oxygens (including phenoxy) is 3. The van der Waals surface area contributed by atoms with Gasteiger partial charge in [-0.3, -0.25) is 9.59 Å². The van der Waals surface area contributed by atoms with Crippen molar-refractivity contribution in [2.45, 2.75) is 129 Å². The van der Waals surface area contributed by atoms with E-state index in [1.54, 1.807) is 46.4 Å². The second-order valence-electron chi connectivity index (χ2n) is 15.7. The summed E-state index contributed by atoms with van der Waals surface area (Å²) in [5, 5.41) is 3.89. The van der Waals surface area contributed by atoms with Crippen molar-refractivity contribution in [2.24, 2.45) is 5.73 Å². The molecule has 0 saturated carbocycles. The van der Waals surface area contributed by atoms with Gasteiger partial charge in [0.1, 0.15) is 29.9 Å². The average Bonchev–Trinajstić information content (AvgIpc) is 3.47. The summed E-state index contributed by atoms with van der Waals surface area (Å²) in [5.41, 5.74) is 7.61. The fourth-order valence-corrected chi connectivity index (χ4v) is 6.37. The number of imide groups is 1. The van der Waals surface area contributed by atoms with Crippen LogP contribution in [-0.4, -0.2) is 81.1 Å². The number of para-hydroxylation sites is 1. The molecule has 2 atom stereocenters. The van der Waals surface area contributed by atoms with Crippen LogP contribution in [-0.2, 0) is 48.2 Å².